The Bertz CT molecular complexity index is 798. The number of amides is 1. The van der Waals surface area contributed by atoms with Crippen LogP contribution in [0.15, 0.2) is 53.5 Å². The number of guanidine groups is 1. The van der Waals surface area contributed by atoms with Crippen LogP contribution < -0.4 is 21.1 Å². The third-order valence-corrected chi connectivity index (χ3v) is 4.48. The molecule has 1 amide bonds. The molecule has 0 saturated carbocycles. The van der Waals surface area contributed by atoms with Crippen LogP contribution in [-0.2, 0) is 17.6 Å². The van der Waals surface area contributed by atoms with Crippen molar-refractivity contribution in [2.24, 2.45) is 16.6 Å². The van der Waals surface area contributed by atoms with Crippen molar-refractivity contribution in [3.8, 4) is 5.75 Å². The Hall–Kier alpha value is -2.36. The van der Waals surface area contributed by atoms with Crippen LogP contribution in [0, 0.1) is 11.7 Å². The summed E-state index contributed by atoms with van der Waals surface area (Å²) >= 11 is 0. The molecule has 6 nitrogen and oxygen atoms in total. The fourth-order valence-electron chi connectivity index (χ4n) is 2.82. The Kier molecular flexibility index (Phi) is 11.8. The minimum atomic E-state index is -0.461. The van der Waals surface area contributed by atoms with Crippen molar-refractivity contribution in [3.05, 3.63) is 65.5 Å². The van der Waals surface area contributed by atoms with Crippen molar-refractivity contribution in [2.75, 3.05) is 26.7 Å². The largest absolute Gasteiger partial charge is 0.497 e. The number of nitrogens with two attached hydrogens (primary N) is 1. The number of halogens is 2. The molecule has 2 aromatic rings. The number of nitrogens with one attached hydrogen (secondary N) is 2. The molecular formula is C22H30FIN4O2. The highest BCUT2D eigenvalue weighted by molar-refractivity contribution is 14.0. The van der Waals surface area contributed by atoms with Gasteiger partial charge in [0.1, 0.15) is 11.6 Å². The minimum Gasteiger partial charge on any atom is -0.497 e. The maximum atomic E-state index is 13.1. The van der Waals surface area contributed by atoms with Gasteiger partial charge in [-0.25, -0.2) is 4.39 Å². The first-order valence-electron chi connectivity index (χ1n) is 9.70. The first kappa shape index (κ1) is 25.7. The van der Waals surface area contributed by atoms with Gasteiger partial charge in [0.05, 0.1) is 19.6 Å². The summed E-state index contributed by atoms with van der Waals surface area (Å²) in [5, 5.41) is 6.44. The summed E-state index contributed by atoms with van der Waals surface area (Å²) < 4.78 is 18.2. The van der Waals surface area contributed by atoms with Crippen molar-refractivity contribution in [3.63, 3.8) is 0 Å². The quantitative estimate of drug-likeness (QED) is 0.252. The van der Waals surface area contributed by atoms with Gasteiger partial charge in [-0.2, -0.15) is 0 Å². The Morgan fingerprint density at radius 2 is 1.73 bits per heavy atom. The minimum absolute atomic E-state index is 0. The van der Waals surface area contributed by atoms with E-state index in [1.165, 1.54) is 17.7 Å². The Morgan fingerprint density at radius 1 is 1.10 bits per heavy atom. The number of primary amides is 1. The molecule has 2 rings (SSSR count). The number of aliphatic imine (C=N–C) groups is 1. The zero-order chi connectivity index (χ0) is 21.1. The average Bonchev–Trinajstić information content (AvgIpc) is 2.72. The molecule has 0 aromatic heterocycles. The molecule has 30 heavy (non-hydrogen) atoms. The molecule has 1 unspecified atom stereocenters. The van der Waals surface area contributed by atoms with Crippen LogP contribution in [-0.4, -0.2) is 38.6 Å². The number of carbonyl (C=O) groups excluding carboxylic acids is 1. The molecule has 1 atom stereocenters. The highest BCUT2D eigenvalue weighted by Gasteiger charge is 2.16. The van der Waals surface area contributed by atoms with Gasteiger partial charge in [0.25, 0.3) is 0 Å². The van der Waals surface area contributed by atoms with E-state index in [4.69, 9.17) is 10.5 Å². The molecule has 0 heterocycles. The molecule has 0 aliphatic heterocycles. The second-order valence-electron chi connectivity index (χ2n) is 6.67. The molecule has 0 radical (unpaired) electrons. The predicted molar refractivity (Wildman–Crippen MR) is 129 cm³/mol. The standard InChI is InChI=1S/C22H29FN4O2.HI/c1-3-25-22(26-13-12-16-6-10-20(29-2)11-7-16)27-15-18(21(24)28)14-17-4-8-19(23)9-5-17;/h4-11,18H,3,12-15H2,1-2H3,(H2,24,28)(H2,25,26,27);1H. The molecule has 8 heteroatoms. The predicted octanol–water partition coefficient (Wildman–Crippen LogP) is 2.89. The number of ether oxygens (including phenoxy) is 1. The highest BCUT2D eigenvalue weighted by Crippen LogP contribution is 2.12. The van der Waals surface area contributed by atoms with E-state index in [1.54, 1.807) is 19.2 Å². The molecular weight excluding hydrogens is 498 g/mol. The first-order chi connectivity index (χ1) is 14.0. The lowest BCUT2D eigenvalue weighted by molar-refractivity contribution is -0.121. The van der Waals surface area contributed by atoms with Crippen molar-refractivity contribution in [1.82, 2.24) is 10.6 Å². The third-order valence-electron chi connectivity index (χ3n) is 4.48. The molecule has 0 bridgehead atoms. The average molecular weight is 528 g/mol. The fourth-order valence-corrected chi connectivity index (χ4v) is 2.82. The van der Waals surface area contributed by atoms with Crippen molar-refractivity contribution >= 4 is 35.8 Å². The molecule has 0 aliphatic rings. The number of carbonyl (C=O) groups is 1. The molecule has 0 spiro atoms. The summed E-state index contributed by atoms with van der Waals surface area (Å²) in [5.74, 6) is 0.268. The summed E-state index contributed by atoms with van der Waals surface area (Å²) in [6, 6.07) is 14.0. The second-order valence-corrected chi connectivity index (χ2v) is 6.67. The first-order valence-corrected chi connectivity index (χ1v) is 9.70. The maximum Gasteiger partial charge on any atom is 0.222 e. The van der Waals surface area contributed by atoms with E-state index in [9.17, 15) is 9.18 Å². The van der Waals surface area contributed by atoms with E-state index < -0.39 is 11.8 Å². The van der Waals surface area contributed by atoms with E-state index >= 15 is 0 Å². The van der Waals surface area contributed by atoms with E-state index in [1.807, 2.05) is 31.2 Å². The van der Waals surface area contributed by atoms with E-state index in [2.05, 4.69) is 15.6 Å². The Labute approximate surface area is 194 Å². The van der Waals surface area contributed by atoms with Crippen LogP contribution in [0.1, 0.15) is 18.1 Å². The third kappa shape index (κ3) is 8.98. The topological polar surface area (TPSA) is 88.7 Å². The van der Waals surface area contributed by atoms with Crippen LogP contribution in [0.25, 0.3) is 0 Å². The molecule has 0 fully saturated rings. The number of methoxy groups -OCH3 is 1. The highest BCUT2D eigenvalue weighted by atomic mass is 127. The van der Waals surface area contributed by atoms with Gasteiger partial charge in [-0.15, -0.1) is 24.0 Å². The Morgan fingerprint density at radius 3 is 2.30 bits per heavy atom. The van der Waals surface area contributed by atoms with Gasteiger partial charge in [-0.05, 0) is 55.2 Å². The van der Waals surface area contributed by atoms with Crippen LogP contribution in [0.5, 0.6) is 5.75 Å². The lowest BCUT2D eigenvalue weighted by atomic mass is 9.99. The number of rotatable bonds is 10. The summed E-state index contributed by atoms with van der Waals surface area (Å²) in [6.07, 6.45) is 1.24. The number of hydrogen-bond acceptors (Lipinski definition) is 3. The molecule has 0 aliphatic carbocycles. The fraction of sp³-hybridized carbons (Fsp3) is 0.364. The zero-order valence-corrected chi connectivity index (χ0v) is 19.7. The number of hydrogen-bond donors (Lipinski definition) is 3. The summed E-state index contributed by atoms with van der Waals surface area (Å²) in [7, 11) is 1.64. The van der Waals surface area contributed by atoms with Crippen LogP contribution >= 0.6 is 24.0 Å². The van der Waals surface area contributed by atoms with Crippen molar-refractivity contribution in [1.29, 1.82) is 0 Å². The van der Waals surface area contributed by atoms with Gasteiger partial charge < -0.3 is 21.1 Å². The Balaban J connectivity index is 0.00000450. The van der Waals surface area contributed by atoms with E-state index in [0.29, 0.717) is 25.5 Å². The van der Waals surface area contributed by atoms with Crippen LogP contribution in [0.4, 0.5) is 4.39 Å². The normalized spacial score (nSPS) is 11.9. The summed E-state index contributed by atoms with van der Waals surface area (Å²) in [4.78, 5) is 16.3. The van der Waals surface area contributed by atoms with Crippen molar-refractivity contribution in [2.45, 2.75) is 19.8 Å². The van der Waals surface area contributed by atoms with Gasteiger partial charge in [0, 0.05) is 13.1 Å². The number of nitrogens with zero attached hydrogens (tertiary/aromatic N) is 1. The maximum absolute atomic E-state index is 13.1. The van der Waals surface area contributed by atoms with Crippen molar-refractivity contribution < 1.29 is 13.9 Å². The molecule has 4 N–H and O–H groups in total. The monoisotopic (exact) mass is 528 g/mol. The second kappa shape index (κ2) is 13.8. The lowest BCUT2D eigenvalue weighted by Gasteiger charge is -2.15. The molecule has 2 aromatic carbocycles. The van der Waals surface area contributed by atoms with E-state index in [-0.39, 0.29) is 36.3 Å². The lowest BCUT2D eigenvalue weighted by Crippen LogP contribution is -2.39. The van der Waals surface area contributed by atoms with Gasteiger partial charge in [0.2, 0.25) is 5.91 Å². The van der Waals surface area contributed by atoms with Crippen LogP contribution in [0.2, 0.25) is 0 Å². The van der Waals surface area contributed by atoms with Gasteiger partial charge in [-0.3, -0.25) is 9.79 Å². The summed E-state index contributed by atoms with van der Waals surface area (Å²) in [6.45, 7) is 3.63. The SMILES string of the molecule is CCNC(=NCC(Cc1ccc(F)cc1)C(N)=O)NCCc1ccc(OC)cc1.I. The molecule has 164 valence electrons. The van der Waals surface area contributed by atoms with Gasteiger partial charge >= 0.3 is 0 Å². The summed E-state index contributed by atoms with van der Waals surface area (Å²) in [5.41, 5.74) is 7.57. The zero-order valence-electron chi connectivity index (χ0n) is 17.4. The number of benzene rings is 2. The van der Waals surface area contributed by atoms with Gasteiger partial charge in [-0.1, -0.05) is 24.3 Å². The van der Waals surface area contributed by atoms with Crippen LogP contribution in [0.3, 0.4) is 0 Å². The van der Waals surface area contributed by atoms with E-state index in [0.717, 1.165) is 17.7 Å². The molecule has 0 saturated heterocycles. The smallest absolute Gasteiger partial charge is 0.222 e. The van der Waals surface area contributed by atoms with Gasteiger partial charge in [0.15, 0.2) is 5.96 Å².